The van der Waals surface area contributed by atoms with E-state index in [-0.39, 0.29) is 11.6 Å². The van der Waals surface area contributed by atoms with Crippen LogP contribution in [0.4, 0.5) is 20.6 Å². The van der Waals surface area contributed by atoms with Crippen LogP contribution in [0.15, 0.2) is 24.5 Å². The molecular formula is C15H15ClFN5O2. The molecule has 0 atom stereocenters. The predicted octanol–water partition coefficient (Wildman–Crippen LogP) is 2.38. The lowest BCUT2D eigenvalue weighted by Gasteiger charge is -2.18. The van der Waals surface area contributed by atoms with Crippen molar-refractivity contribution in [3.63, 3.8) is 0 Å². The number of aryl methyl sites for hydroxylation is 1. The summed E-state index contributed by atoms with van der Waals surface area (Å²) in [7, 11) is 0. The van der Waals surface area contributed by atoms with Gasteiger partial charge in [0.25, 0.3) is 0 Å². The zero-order chi connectivity index (χ0) is 17.1. The van der Waals surface area contributed by atoms with Crippen LogP contribution < -0.4 is 16.0 Å². The van der Waals surface area contributed by atoms with E-state index in [0.29, 0.717) is 42.2 Å². The Hall–Kier alpha value is -2.61. The monoisotopic (exact) mass is 351 g/mol. The van der Waals surface area contributed by atoms with Gasteiger partial charge >= 0.3 is 6.03 Å². The smallest absolute Gasteiger partial charge is 0.319 e. The standard InChI is InChI=1S/C15H15ClFN5O2/c16-10-7-19-22(8-10)4-3-18-15(24)21-13-6-12-9(5-11(13)17)1-2-14(23)20-12/h5-8H,1-4H2,(H,20,23)(H2,18,21,24). The van der Waals surface area contributed by atoms with E-state index in [9.17, 15) is 14.0 Å². The fraction of sp³-hybridized carbons (Fsp3) is 0.267. The fourth-order valence-electron chi connectivity index (χ4n) is 2.41. The molecule has 1 aromatic heterocycles. The van der Waals surface area contributed by atoms with Crippen LogP contribution in [0.1, 0.15) is 12.0 Å². The number of benzene rings is 1. The Labute approximate surface area is 142 Å². The molecule has 2 heterocycles. The molecule has 24 heavy (non-hydrogen) atoms. The van der Waals surface area contributed by atoms with Crippen molar-refractivity contribution in [2.45, 2.75) is 19.4 Å². The van der Waals surface area contributed by atoms with E-state index in [1.165, 1.54) is 18.3 Å². The highest BCUT2D eigenvalue weighted by molar-refractivity contribution is 6.30. The van der Waals surface area contributed by atoms with Crippen LogP contribution in [0.3, 0.4) is 0 Å². The first-order chi connectivity index (χ1) is 11.5. The summed E-state index contributed by atoms with van der Waals surface area (Å²) in [6.45, 7) is 0.732. The average molecular weight is 352 g/mol. The van der Waals surface area contributed by atoms with Gasteiger partial charge in [0.15, 0.2) is 0 Å². The molecule has 1 aliphatic heterocycles. The molecule has 0 unspecified atom stereocenters. The maximum Gasteiger partial charge on any atom is 0.319 e. The number of hydrogen-bond acceptors (Lipinski definition) is 3. The van der Waals surface area contributed by atoms with Crippen molar-refractivity contribution >= 4 is 34.9 Å². The maximum absolute atomic E-state index is 14.0. The molecule has 0 saturated carbocycles. The maximum atomic E-state index is 14.0. The molecular weight excluding hydrogens is 337 g/mol. The summed E-state index contributed by atoms with van der Waals surface area (Å²) in [5.74, 6) is -0.665. The lowest BCUT2D eigenvalue weighted by molar-refractivity contribution is -0.116. The number of urea groups is 1. The Morgan fingerprint density at radius 2 is 2.25 bits per heavy atom. The first-order valence-electron chi connectivity index (χ1n) is 7.36. The molecule has 3 rings (SSSR count). The van der Waals surface area contributed by atoms with Gasteiger partial charge in [0, 0.05) is 24.8 Å². The van der Waals surface area contributed by atoms with Crippen LogP contribution in [0.5, 0.6) is 0 Å². The highest BCUT2D eigenvalue weighted by atomic mass is 35.5. The Morgan fingerprint density at radius 3 is 3.00 bits per heavy atom. The summed E-state index contributed by atoms with van der Waals surface area (Å²) in [6, 6.07) is 2.21. The van der Waals surface area contributed by atoms with Crippen LogP contribution in [0.2, 0.25) is 5.02 Å². The van der Waals surface area contributed by atoms with E-state index in [1.807, 2.05) is 0 Å². The summed E-state index contributed by atoms with van der Waals surface area (Å²) >= 11 is 5.74. The average Bonchev–Trinajstić information content (AvgIpc) is 2.94. The van der Waals surface area contributed by atoms with Crippen molar-refractivity contribution in [1.29, 1.82) is 0 Å². The number of hydrogen-bond donors (Lipinski definition) is 3. The minimum absolute atomic E-state index is 0.00980. The summed E-state index contributed by atoms with van der Waals surface area (Å²) < 4.78 is 15.6. The number of halogens is 2. The number of rotatable bonds is 4. The molecule has 3 N–H and O–H groups in total. The van der Waals surface area contributed by atoms with Crippen LogP contribution in [0.25, 0.3) is 0 Å². The third-order valence-electron chi connectivity index (χ3n) is 3.56. The second kappa shape index (κ2) is 6.88. The molecule has 0 radical (unpaired) electrons. The van der Waals surface area contributed by atoms with Crippen molar-refractivity contribution in [1.82, 2.24) is 15.1 Å². The van der Waals surface area contributed by atoms with Crippen molar-refractivity contribution in [3.05, 3.63) is 40.9 Å². The second-order valence-corrected chi connectivity index (χ2v) is 5.78. The van der Waals surface area contributed by atoms with E-state index >= 15 is 0 Å². The predicted molar refractivity (Wildman–Crippen MR) is 87.6 cm³/mol. The van der Waals surface area contributed by atoms with Crippen LogP contribution in [-0.4, -0.2) is 28.3 Å². The van der Waals surface area contributed by atoms with Gasteiger partial charge in [-0.3, -0.25) is 9.48 Å². The van der Waals surface area contributed by atoms with Crippen LogP contribution >= 0.6 is 11.6 Å². The third-order valence-corrected chi connectivity index (χ3v) is 3.76. The van der Waals surface area contributed by atoms with Crippen molar-refractivity contribution in [3.8, 4) is 0 Å². The Kier molecular flexibility index (Phi) is 4.66. The number of aromatic nitrogens is 2. The first-order valence-corrected chi connectivity index (χ1v) is 7.74. The minimum atomic E-state index is -0.547. The number of fused-ring (bicyclic) bond motifs is 1. The molecule has 0 spiro atoms. The van der Waals surface area contributed by atoms with E-state index in [2.05, 4.69) is 21.0 Å². The second-order valence-electron chi connectivity index (χ2n) is 5.34. The molecule has 1 aliphatic rings. The zero-order valence-electron chi connectivity index (χ0n) is 12.6. The molecule has 7 nitrogen and oxygen atoms in total. The number of carbonyl (C=O) groups is 2. The summed E-state index contributed by atoms with van der Waals surface area (Å²) in [4.78, 5) is 23.3. The van der Waals surface area contributed by atoms with Gasteiger partial charge in [0.1, 0.15) is 5.82 Å². The molecule has 1 aromatic carbocycles. The summed E-state index contributed by atoms with van der Waals surface area (Å²) in [5.41, 5.74) is 1.25. The SMILES string of the molecule is O=C1CCc2cc(F)c(NC(=O)NCCn3cc(Cl)cn3)cc2N1. The first kappa shape index (κ1) is 16.3. The summed E-state index contributed by atoms with van der Waals surface area (Å²) in [5, 5.41) is 12.2. The molecule has 2 aromatic rings. The van der Waals surface area contributed by atoms with Gasteiger partial charge in [-0.2, -0.15) is 5.10 Å². The Bertz CT molecular complexity index is 792. The van der Waals surface area contributed by atoms with Gasteiger partial charge in [0.05, 0.1) is 23.5 Å². The molecule has 0 saturated heterocycles. The van der Waals surface area contributed by atoms with E-state index in [1.54, 1.807) is 10.9 Å². The largest absolute Gasteiger partial charge is 0.336 e. The minimum Gasteiger partial charge on any atom is -0.336 e. The molecule has 0 fully saturated rings. The lowest BCUT2D eigenvalue weighted by Crippen LogP contribution is -2.32. The number of nitrogens with zero attached hydrogens (tertiary/aromatic N) is 2. The van der Waals surface area contributed by atoms with Crippen molar-refractivity contribution in [2.24, 2.45) is 0 Å². The number of amides is 3. The molecule has 126 valence electrons. The Morgan fingerprint density at radius 1 is 1.42 bits per heavy atom. The fourth-order valence-corrected chi connectivity index (χ4v) is 2.56. The van der Waals surface area contributed by atoms with E-state index in [4.69, 9.17) is 11.6 Å². The topological polar surface area (TPSA) is 88.1 Å². The van der Waals surface area contributed by atoms with Gasteiger partial charge in [-0.05, 0) is 24.1 Å². The summed E-state index contributed by atoms with van der Waals surface area (Å²) in [6.07, 6.45) is 3.94. The quantitative estimate of drug-likeness (QED) is 0.790. The van der Waals surface area contributed by atoms with Gasteiger partial charge in [0.2, 0.25) is 5.91 Å². The molecule has 0 aliphatic carbocycles. The highest BCUT2D eigenvalue weighted by Crippen LogP contribution is 2.28. The number of nitrogens with one attached hydrogen (secondary N) is 3. The number of anilines is 2. The van der Waals surface area contributed by atoms with Gasteiger partial charge in [-0.1, -0.05) is 11.6 Å². The normalized spacial score (nSPS) is 13.2. The third kappa shape index (κ3) is 3.83. The molecule has 0 bridgehead atoms. The van der Waals surface area contributed by atoms with E-state index < -0.39 is 11.8 Å². The zero-order valence-corrected chi connectivity index (χ0v) is 13.4. The van der Waals surface area contributed by atoms with Crippen LogP contribution in [0, 0.1) is 5.82 Å². The highest BCUT2D eigenvalue weighted by Gasteiger charge is 2.18. The van der Waals surface area contributed by atoms with Gasteiger partial charge in [-0.25, -0.2) is 9.18 Å². The van der Waals surface area contributed by atoms with Crippen LogP contribution in [-0.2, 0) is 17.8 Å². The van der Waals surface area contributed by atoms with E-state index in [0.717, 1.165) is 0 Å². The lowest BCUT2D eigenvalue weighted by atomic mass is 10.0. The Balaban J connectivity index is 1.57. The molecule has 3 amide bonds. The van der Waals surface area contributed by atoms with Gasteiger partial charge < -0.3 is 16.0 Å². The molecule has 9 heteroatoms. The number of carbonyl (C=O) groups excluding carboxylic acids is 2. The van der Waals surface area contributed by atoms with Crippen molar-refractivity contribution in [2.75, 3.05) is 17.2 Å². The van der Waals surface area contributed by atoms with Gasteiger partial charge in [-0.15, -0.1) is 0 Å². The van der Waals surface area contributed by atoms with Crippen molar-refractivity contribution < 1.29 is 14.0 Å².